The summed E-state index contributed by atoms with van der Waals surface area (Å²) in [5.41, 5.74) is 1.48. The molecular weight excluding hydrogens is 286 g/mol. The van der Waals surface area contributed by atoms with E-state index in [1.807, 2.05) is 6.21 Å². The average Bonchev–Trinajstić information content (AvgIpc) is 2.55. The summed E-state index contributed by atoms with van der Waals surface area (Å²) < 4.78 is 4.67. The molecule has 0 unspecified atom stereocenters. The predicted molar refractivity (Wildman–Crippen MR) is 94.8 cm³/mol. The molecular formula is C20H29NO2. The lowest BCUT2D eigenvalue weighted by atomic mass is 9.61. The number of nitrogens with zero attached hydrogens (tertiary/aromatic N) is 1. The number of carbonyl (C=O) groups excluding carboxylic acids is 1. The summed E-state index contributed by atoms with van der Waals surface area (Å²) in [5.74, 6) is 1.40. The topological polar surface area (TPSA) is 38.7 Å². The van der Waals surface area contributed by atoms with Gasteiger partial charge in [-0.15, -0.1) is 0 Å². The van der Waals surface area contributed by atoms with E-state index < -0.39 is 0 Å². The first-order valence-corrected chi connectivity index (χ1v) is 8.57. The maximum Gasteiger partial charge on any atom is 0.327 e. The monoisotopic (exact) mass is 315 g/mol. The van der Waals surface area contributed by atoms with Crippen molar-refractivity contribution < 1.29 is 9.53 Å². The molecule has 1 aliphatic rings. The Bertz CT molecular complexity index is 536. The summed E-state index contributed by atoms with van der Waals surface area (Å²) >= 11 is 0. The van der Waals surface area contributed by atoms with E-state index in [4.69, 9.17) is 0 Å². The fourth-order valence-corrected chi connectivity index (χ4v) is 3.89. The van der Waals surface area contributed by atoms with Crippen LogP contribution in [0.2, 0.25) is 0 Å². The van der Waals surface area contributed by atoms with Gasteiger partial charge in [0.2, 0.25) is 0 Å². The molecule has 1 fully saturated rings. The summed E-state index contributed by atoms with van der Waals surface area (Å²) in [6, 6.07) is 10.7. The number of hydrogen-bond acceptors (Lipinski definition) is 3. The lowest BCUT2D eigenvalue weighted by Gasteiger charge is -2.43. The summed E-state index contributed by atoms with van der Waals surface area (Å²) in [6.07, 6.45) is 5.63. The number of carbonyl (C=O) groups is 1. The summed E-state index contributed by atoms with van der Waals surface area (Å²) in [7, 11) is 1.40. The second kappa shape index (κ2) is 7.76. The van der Waals surface area contributed by atoms with Gasteiger partial charge in [0, 0.05) is 6.21 Å². The Morgan fingerprint density at radius 1 is 1.30 bits per heavy atom. The normalized spacial score (nSPS) is 25.5. The second-order valence-electron chi connectivity index (χ2n) is 7.34. The van der Waals surface area contributed by atoms with Crippen LogP contribution in [0.4, 0.5) is 0 Å². The quantitative estimate of drug-likeness (QED) is 0.601. The Morgan fingerprint density at radius 2 is 2.00 bits per heavy atom. The van der Waals surface area contributed by atoms with Gasteiger partial charge in [-0.3, -0.25) is 9.79 Å². The van der Waals surface area contributed by atoms with Crippen LogP contribution in [0.15, 0.2) is 35.3 Å². The van der Waals surface area contributed by atoms with Crippen molar-refractivity contribution in [2.75, 3.05) is 13.7 Å². The van der Waals surface area contributed by atoms with Crippen LogP contribution in [0.5, 0.6) is 0 Å². The van der Waals surface area contributed by atoms with Crippen molar-refractivity contribution in [2.24, 2.45) is 22.7 Å². The van der Waals surface area contributed by atoms with E-state index >= 15 is 0 Å². The van der Waals surface area contributed by atoms with Crippen LogP contribution in [0.3, 0.4) is 0 Å². The number of esters is 1. The van der Waals surface area contributed by atoms with Gasteiger partial charge in [-0.1, -0.05) is 57.5 Å². The number of benzene rings is 1. The Hall–Kier alpha value is -1.64. The van der Waals surface area contributed by atoms with Crippen molar-refractivity contribution in [3.8, 4) is 0 Å². The molecule has 0 aliphatic heterocycles. The molecule has 126 valence electrons. The third-order valence-corrected chi connectivity index (χ3v) is 5.35. The number of aliphatic imine (C=N–C) groups is 1. The maximum atomic E-state index is 11.3. The Balaban J connectivity index is 2.18. The second-order valence-corrected chi connectivity index (χ2v) is 7.34. The number of ether oxygens (including phenoxy) is 1. The van der Waals surface area contributed by atoms with Gasteiger partial charge in [-0.2, -0.15) is 0 Å². The summed E-state index contributed by atoms with van der Waals surface area (Å²) in [5, 5.41) is 0. The molecule has 0 heterocycles. The highest BCUT2D eigenvalue weighted by atomic mass is 16.5. The maximum absolute atomic E-state index is 11.3. The van der Waals surface area contributed by atoms with Crippen LogP contribution in [-0.2, 0) is 14.9 Å². The number of methoxy groups -OCH3 is 1. The van der Waals surface area contributed by atoms with Gasteiger partial charge >= 0.3 is 5.97 Å². The van der Waals surface area contributed by atoms with Crippen LogP contribution in [0.25, 0.3) is 0 Å². The highest BCUT2D eigenvalue weighted by Crippen LogP contribution is 2.44. The fourth-order valence-electron chi connectivity index (χ4n) is 3.89. The lowest BCUT2D eigenvalue weighted by Crippen LogP contribution is -2.38. The lowest BCUT2D eigenvalue weighted by molar-refractivity contribution is -0.138. The predicted octanol–water partition coefficient (Wildman–Crippen LogP) is 4.26. The Labute approximate surface area is 140 Å². The molecule has 0 amide bonds. The van der Waals surface area contributed by atoms with E-state index in [2.05, 4.69) is 60.8 Å². The molecule has 3 nitrogen and oxygen atoms in total. The van der Waals surface area contributed by atoms with Crippen molar-refractivity contribution in [2.45, 2.75) is 45.4 Å². The van der Waals surface area contributed by atoms with Gasteiger partial charge in [-0.25, -0.2) is 0 Å². The third kappa shape index (κ3) is 4.43. The van der Waals surface area contributed by atoms with E-state index in [0.29, 0.717) is 17.8 Å². The first-order chi connectivity index (χ1) is 10.9. The third-order valence-electron chi connectivity index (χ3n) is 5.35. The van der Waals surface area contributed by atoms with Gasteiger partial charge in [0.1, 0.15) is 6.54 Å². The first-order valence-electron chi connectivity index (χ1n) is 8.57. The van der Waals surface area contributed by atoms with Crippen LogP contribution >= 0.6 is 0 Å². The van der Waals surface area contributed by atoms with Crippen LogP contribution < -0.4 is 0 Å². The van der Waals surface area contributed by atoms with Crippen molar-refractivity contribution in [3.05, 3.63) is 35.9 Å². The molecule has 0 aromatic heterocycles. The van der Waals surface area contributed by atoms with Crippen molar-refractivity contribution in [1.29, 1.82) is 0 Å². The molecule has 1 aliphatic carbocycles. The van der Waals surface area contributed by atoms with Crippen LogP contribution in [0.1, 0.15) is 45.6 Å². The molecule has 0 bridgehead atoms. The van der Waals surface area contributed by atoms with Gasteiger partial charge in [0.05, 0.1) is 7.11 Å². The smallest absolute Gasteiger partial charge is 0.327 e. The molecule has 1 aromatic rings. The molecule has 0 spiro atoms. The summed E-state index contributed by atoms with van der Waals surface area (Å²) in [6.45, 7) is 7.11. The largest absolute Gasteiger partial charge is 0.468 e. The molecule has 1 saturated carbocycles. The van der Waals surface area contributed by atoms with Crippen LogP contribution in [0, 0.1) is 17.8 Å². The first kappa shape index (κ1) is 17.7. The minimum Gasteiger partial charge on any atom is -0.468 e. The average molecular weight is 315 g/mol. The van der Waals surface area contributed by atoms with E-state index in [1.54, 1.807) is 0 Å². The standard InChI is InChI=1S/C20H29NO2/c1-15-10-11-18(16(12-15)13-21-14-19(22)23-4)20(2,3)17-8-6-5-7-9-17/h5-9,13,15-16,18H,10-12,14H2,1-4H3/t15-,16+,18-/m1/s1. The zero-order valence-corrected chi connectivity index (χ0v) is 14.8. The molecule has 0 saturated heterocycles. The Morgan fingerprint density at radius 3 is 2.65 bits per heavy atom. The van der Waals surface area contributed by atoms with Crippen molar-refractivity contribution in [1.82, 2.24) is 0 Å². The molecule has 1 aromatic carbocycles. The fraction of sp³-hybridized carbons (Fsp3) is 0.600. The van der Waals surface area contributed by atoms with Crippen molar-refractivity contribution in [3.63, 3.8) is 0 Å². The molecule has 3 heteroatoms. The zero-order chi connectivity index (χ0) is 16.9. The van der Waals surface area contributed by atoms with Gasteiger partial charge in [0.25, 0.3) is 0 Å². The minimum atomic E-state index is -0.274. The molecule has 0 N–H and O–H groups in total. The number of rotatable bonds is 5. The molecule has 2 rings (SSSR count). The van der Waals surface area contributed by atoms with Gasteiger partial charge < -0.3 is 4.74 Å². The van der Waals surface area contributed by atoms with Gasteiger partial charge in [-0.05, 0) is 41.6 Å². The Kier molecular flexibility index (Phi) is 5.97. The van der Waals surface area contributed by atoms with Gasteiger partial charge in [0.15, 0.2) is 0 Å². The van der Waals surface area contributed by atoms with E-state index in [0.717, 1.165) is 6.42 Å². The number of hydrogen-bond donors (Lipinski definition) is 0. The molecule has 23 heavy (non-hydrogen) atoms. The highest BCUT2D eigenvalue weighted by molar-refractivity contribution is 5.74. The van der Waals surface area contributed by atoms with E-state index in [-0.39, 0.29) is 17.9 Å². The van der Waals surface area contributed by atoms with E-state index in [1.165, 1.54) is 25.5 Å². The highest BCUT2D eigenvalue weighted by Gasteiger charge is 2.39. The molecule has 3 atom stereocenters. The summed E-state index contributed by atoms with van der Waals surface area (Å²) in [4.78, 5) is 15.6. The van der Waals surface area contributed by atoms with Crippen molar-refractivity contribution >= 4 is 12.2 Å². The zero-order valence-electron chi connectivity index (χ0n) is 14.8. The minimum absolute atomic E-state index is 0.101. The van der Waals surface area contributed by atoms with Crippen LogP contribution in [-0.4, -0.2) is 25.8 Å². The molecule has 0 radical (unpaired) electrons. The van der Waals surface area contributed by atoms with E-state index in [9.17, 15) is 4.79 Å². The SMILES string of the molecule is COC(=O)CN=C[C@@H]1C[C@H](C)CC[C@H]1C(C)(C)c1ccccc1.